The summed E-state index contributed by atoms with van der Waals surface area (Å²) in [6.45, 7) is 0. The van der Waals surface area contributed by atoms with E-state index in [0.29, 0.717) is 0 Å². The molecule has 106 valence electrons. The van der Waals surface area contributed by atoms with Gasteiger partial charge in [0.2, 0.25) is 0 Å². The van der Waals surface area contributed by atoms with E-state index >= 15 is 0 Å². The molecule has 0 saturated heterocycles. The Morgan fingerprint density at radius 3 is 2.62 bits per heavy atom. The molecule has 4 heteroatoms. The summed E-state index contributed by atoms with van der Waals surface area (Å²) in [5.41, 5.74) is 5.13. The van der Waals surface area contributed by atoms with Crippen molar-refractivity contribution in [1.82, 2.24) is 10.4 Å². The highest BCUT2D eigenvalue weighted by Gasteiger charge is 2.14. The van der Waals surface area contributed by atoms with Crippen LogP contribution in [-0.2, 0) is 6.42 Å². The van der Waals surface area contributed by atoms with Crippen LogP contribution in [-0.4, -0.2) is 4.98 Å². The molecule has 3 N–H and O–H groups in total. The molecule has 0 aliphatic carbocycles. The lowest BCUT2D eigenvalue weighted by Crippen LogP contribution is -2.30. The van der Waals surface area contributed by atoms with Crippen LogP contribution in [0.5, 0.6) is 0 Å². The number of nitrogens with zero attached hydrogens (tertiary/aromatic N) is 1. The molecule has 1 aromatic heterocycles. The van der Waals surface area contributed by atoms with Crippen LogP contribution < -0.4 is 11.3 Å². The fourth-order valence-corrected chi connectivity index (χ4v) is 2.78. The zero-order chi connectivity index (χ0) is 14.7. The minimum atomic E-state index is 0.0322. The first kappa shape index (κ1) is 14.2. The molecule has 1 unspecified atom stereocenters. The molecule has 3 aromatic rings. The third kappa shape index (κ3) is 3.13. The molecule has 0 spiro atoms. The lowest BCUT2D eigenvalue weighted by atomic mass is 9.96. The van der Waals surface area contributed by atoms with Gasteiger partial charge in [-0.15, -0.1) is 0 Å². The van der Waals surface area contributed by atoms with Crippen molar-refractivity contribution in [3.63, 3.8) is 0 Å². The summed E-state index contributed by atoms with van der Waals surface area (Å²) in [6.07, 6.45) is 2.56. The summed E-state index contributed by atoms with van der Waals surface area (Å²) in [4.78, 5) is 4.43. The first-order valence-corrected chi connectivity index (χ1v) is 7.61. The Balaban J connectivity index is 1.96. The van der Waals surface area contributed by atoms with E-state index in [1.54, 1.807) is 0 Å². The van der Waals surface area contributed by atoms with E-state index in [1.165, 1.54) is 16.3 Å². The SMILES string of the molecule is NNC(Cc1ccc(Br)cn1)c1cccc2ccccc12. The van der Waals surface area contributed by atoms with Crippen LogP contribution in [0.4, 0.5) is 0 Å². The summed E-state index contributed by atoms with van der Waals surface area (Å²) in [6, 6.07) is 18.7. The van der Waals surface area contributed by atoms with E-state index in [2.05, 4.69) is 62.7 Å². The van der Waals surface area contributed by atoms with Crippen LogP contribution in [0.3, 0.4) is 0 Å². The minimum Gasteiger partial charge on any atom is -0.271 e. The number of nitrogens with one attached hydrogen (secondary N) is 1. The van der Waals surface area contributed by atoms with Crippen LogP contribution in [0.25, 0.3) is 10.8 Å². The average molecular weight is 342 g/mol. The summed E-state index contributed by atoms with van der Waals surface area (Å²) >= 11 is 3.40. The smallest absolute Gasteiger partial charge is 0.0521 e. The summed E-state index contributed by atoms with van der Waals surface area (Å²) in [5.74, 6) is 5.79. The zero-order valence-electron chi connectivity index (χ0n) is 11.5. The molecule has 21 heavy (non-hydrogen) atoms. The predicted octanol–water partition coefficient (Wildman–Crippen LogP) is 3.74. The van der Waals surface area contributed by atoms with Crippen molar-refractivity contribution in [2.24, 2.45) is 5.84 Å². The summed E-state index contributed by atoms with van der Waals surface area (Å²) < 4.78 is 0.980. The number of pyridine rings is 1. The highest BCUT2D eigenvalue weighted by Crippen LogP contribution is 2.26. The maximum atomic E-state index is 5.79. The first-order valence-electron chi connectivity index (χ1n) is 6.82. The maximum absolute atomic E-state index is 5.79. The molecule has 0 aliphatic rings. The third-order valence-electron chi connectivity index (χ3n) is 3.60. The third-order valence-corrected chi connectivity index (χ3v) is 4.07. The van der Waals surface area contributed by atoms with E-state index in [9.17, 15) is 0 Å². The molecular formula is C17H16BrN3. The number of fused-ring (bicyclic) bond motifs is 1. The van der Waals surface area contributed by atoms with Gasteiger partial charge in [-0.25, -0.2) is 0 Å². The first-order chi connectivity index (χ1) is 10.3. The maximum Gasteiger partial charge on any atom is 0.0521 e. The van der Waals surface area contributed by atoms with E-state index in [0.717, 1.165) is 16.6 Å². The number of hydrazine groups is 1. The monoisotopic (exact) mass is 341 g/mol. The Bertz CT molecular complexity index is 735. The van der Waals surface area contributed by atoms with E-state index < -0.39 is 0 Å². The van der Waals surface area contributed by atoms with E-state index in [4.69, 9.17) is 5.84 Å². The van der Waals surface area contributed by atoms with Crippen molar-refractivity contribution in [1.29, 1.82) is 0 Å². The Hall–Kier alpha value is -1.75. The van der Waals surface area contributed by atoms with Crippen molar-refractivity contribution in [2.45, 2.75) is 12.5 Å². The van der Waals surface area contributed by atoms with Crippen molar-refractivity contribution in [3.8, 4) is 0 Å². The van der Waals surface area contributed by atoms with Crippen LogP contribution in [0.15, 0.2) is 65.3 Å². The molecule has 0 saturated carbocycles. The van der Waals surface area contributed by atoms with E-state index in [1.807, 2.05) is 24.4 Å². The summed E-state index contributed by atoms with van der Waals surface area (Å²) in [7, 11) is 0. The predicted molar refractivity (Wildman–Crippen MR) is 89.7 cm³/mol. The average Bonchev–Trinajstić information content (AvgIpc) is 2.54. The van der Waals surface area contributed by atoms with Crippen LogP contribution in [0.1, 0.15) is 17.3 Å². The topological polar surface area (TPSA) is 50.9 Å². The molecule has 3 nitrogen and oxygen atoms in total. The van der Waals surface area contributed by atoms with Gasteiger partial charge in [-0.05, 0) is 44.4 Å². The van der Waals surface area contributed by atoms with Gasteiger partial charge in [0, 0.05) is 22.8 Å². The number of nitrogens with two attached hydrogens (primary N) is 1. The molecule has 0 amide bonds. The number of aromatic nitrogens is 1. The Kier molecular flexibility index (Phi) is 4.29. The molecule has 1 atom stereocenters. The molecule has 3 rings (SSSR count). The van der Waals surface area contributed by atoms with Gasteiger partial charge < -0.3 is 0 Å². The number of benzene rings is 2. The Morgan fingerprint density at radius 1 is 1.05 bits per heavy atom. The normalized spacial score (nSPS) is 12.5. The van der Waals surface area contributed by atoms with Crippen LogP contribution >= 0.6 is 15.9 Å². The molecule has 1 heterocycles. The van der Waals surface area contributed by atoms with Crippen LogP contribution in [0, 0.1) is 0 Å². The van der Waals surface area contributed by atoms with Gasteiger partial charge in [0.15, 0.2) is 0 Å². The molecular weight excluding hydrogens is 326 g/mol. The zero-order valence-corrected chi connectivity index (χ0v) is 13.0. The molecule has 0 bridgehead atoms. The Morgan fingerprint density at radius 2 is 1.86 bits per heavy atom. The van der Waals surface area contributed by atoms with Gasteiger partial charge in [0.1, 0.15) is 0 Å². The van der Waals surface area contributed by atoms with Crippen molar-refractivity contribution in [3.05, 3.63) is 76.5 Å². The van der Waals surface area contributed by atoms with Gasteiger partial charge >= 0.3 is 0 Å². The fraction of sp³-hybridized carbons (Fsp3) is 0.118. The van der Waals surface area contributed by atoms with Gasteiger partial charge in [-0.1, -0.05) is 42.5 Å². The van der Waals surface area contributed by atoms with Gasteiger partial charge in [0.25, 0.3) is 0 Å². The van der Waals surface area contributed by atoms with Gasteiger partial charge in [-0.3, -0.25) is 16.3 Å². The quantitative estimate of drug-likeness (QED) is 0.561. The Labute approximate surface area is 132 Å². The standard InChI is InChI=1S/C17H16BrN3/c18-13-8-9-14(20-11-13)10-17(21-19)16-7-3-5-12-4-1-2-6-15(12)16/h1-9,11,17,21H,10,19H2. The van der Waals surface area contributed by atoms with Crippen molar-refractivity contribution < 1.29 is 0 Å². The number of rotatable bonds is 4. The van der Waals surface area contributed by atoms with Crippen LogP contribution in [0.2, 0.25) is 0 Å². The number of halogens is 1. The minimum absolute atomic E-state index is 0.0322. The lowest BCUT2D eigenvalue weighted by Gasteiger charge is -2.18. The fourth-order valence-electron chi connectivity index (χ4n) is 2.55. The second-order valence-electron chi connectivity index (χ2n) is 4.96. The van der Waals surface area contributed by atoms with Crippen molar-refractivity contribution in [2.75, 3.05) is 0 Å². The highest BCUT2D eigenvalue weighted by molar-refractivity contribution is 9.10. The molecule has 0 aliphatic heterocycles. The largest absolute Gasteiger partial charge is 0.271 e. The van der Waals surface area contributed by atoms with Gasteiger partial charge in [-0.2, -0.15) is 0 Å². The molecule has 2 aromatic carbocycles. The number of hydrogen-bond donors (Lipinski definition) is 2. The second-order valence-corrected chi connectivity index (χ2v) is 5.88. The lowest BCUT2D eigenvalue weighted by molar-refractivity contribution is 0.549. The summed E-state index contributed by atoms with van der Waals surface area (Å²) in [5, 5.41) is 2.44. The highest BCUT2D eigenvalue weighted by atomic mass is 79.9. The second kappa shape index (κ2) is 6.35. The van der Waals surface area contributed by atoms with Gasteiger partial charge in [0.05, 0.1) is 6.04 Å². The number of hydrogen-bond acceptors (Lipinski definition) is 3. The molecule has 0 radical (unpaired) electrons. The molecule has 0 fully saturated rings. The van der Waals surface area contributed by atoms with Crippen molar-refractivity contribution >= 4 is 26.7 Å². The van der Waals surface area contributed by atoms with E-state index in [-0.39, 0.29) is 6.04 Å².